The smallest absolute Gasteiger partial charge is 0.289 e. The number of benzene rings is 1. The van der Waals surface area contributed by atoms with Gasteiger partial charge in [-0.15, -0.1) is 11.3 Å². The number of hydrogen-bond acceptors (Lipinski definition) is 4. The molecule has 3 aromatic rings. The summed E-state index contributed by atoms with van der Waals surface area (Å²) in [6, 6.07) is 15.8. The van der Waals surface area contributed by atoms with Crippen LogP contribution < -0.4 is 5.32 Å². The summed E-state index contributed by atoms with van der Waals surface area (Å²) >= 11 is 1.65. The number of thiophene rings is 1. The van der Waals surface area contributed by atoms with E-state index in [4.69, 9.17) is 4.42 Å². The van der Waals surface area contributed by atoms with Gasteiger partial charge >= 0.3 is 0 Å². The van der Waals surface area contributed by atoms with E-state index in [0.29, 0.717) is 31.7 Å². The third-order valence-electron chi connectivity index (χ3n) is 5.72. The van der Waals surface area contributed by atoms with Crippen molar-refractivity contribution in [1.82, 2.24) is 10.2 Å². The van der Waals surface area contributed by atoms with E-state index in [-0.39, 0.29) is 23.8 Å². The first-order valence-electron chi connectivity index (χ1n) is 10.4. The van der Waals surface area contributed by atoms with E-state index < -0.39 is 0 Å². The molecule has 30 heavy (non-hydrogen) atoms. The van der Waals surface area contributed by atoms with E-state index in [0.717, 1.165) is 16.9 Å². The maximum absolute atomic E-state index is 13.1. The van der Waals surface area contributed by atoms with Crippen molar-refractivity contribution in [1.29, 1.82) is 0 Å². The summed E-state index contributed by atoms with van der Waals surface area (Å²) in [5.41, 5.74) is 2.37. The van der Waals surface area contributed by atoms with Crippen molar-refractivity contribution < 1.29 is 14.0 Å². The molecule has 2 amide bonds. The molecular formula is C24H26N2O3S. The third-order valence-corrected chi connectivity index (χ3v) is 6.66. The largest absolute Gasteiger partial charge is 0.459 e. The van der Waals surface area contributed by atoms with Crippen LogP contribution in [0, 0.1) is 5.92 Å². The van der Waals surface area contributed by atoms with Crippen molar-refractivity contribution in [2.24, 2.45) is 5.92 Å². The standard InChI is InChI=1S/C24H26N2O3S/c1-2-17-7-9-18(10-8-17)22(21-6-4-16-30-21)25-23(27)19-11-13-26(14-12-19)24(28)20-5-3-15-29-20/h3-10,15-16,19,22H,2,11-14H2,1H3,(H,25,27)/t22-/m0/s1. The molecule has 1 atom stereocenters. The Hall–Kier alpha value is -2.86. The monoisotopic (exact) mass is 422 g/mol. The fourth-order valence-electron chi connectivity index (χ4n) is 3.88. The number of rotatable bonds is 6. The van der Waals surface area contributed by atoms with Crippen LogP contribution in [0.15, 0.2) is 64.6 Å². The molecular weight excluding hydrogens is 396 g/mol. The number of carbonyl (C=O) groups excluding carboxylic acids is 2. The lowest BCUT2D eigenvalue weighted by atomic mass is 9.94. The van der Waals surface area contributed by atoms with Crippen LogP contribution in [0.4, 0.5) is 0 Å². The number of aryl methyl sites for hydroxylation is 1. The van der Waals surface area contributed by atoms with Crippen molar-refractivity contribution in [3.63, 3.8) is 0 Å². The maximum Gasteiger partial charge on any atom is 0.289 e. The fraction of sp³-hybridized carbons (Fsp3) is 0.333. The summed E-state index contributed by atoms with van der Waals surface area (Å²) in [6.07, 6.45) is 3.81. The van der Waals surface area contributed by atoms with Gasteiger partial charge in [-0.2, -0.15) is 0 Å². The summed E-state index contributed by atoms with van der Waals surface area (Å²) in [5, 5.41) is 5.30. The second kappa shape index (κ2) is 9.30. The minimum Gasteiger partial charge on any atom is -0.459 e. The number of likely N-dealkylation sites (tertiary alicyclic amines) is 1. The highest BCUT2D eigenvalue weighted by atomic mass is 32.1. The molecule has 2 aromatic heterocycles. The molecule has 0 aliphatic carbocycles. The normalized spacial score (nSPS) is 15.7. The average Bonchev–Trinajstić information content (AvgIpc) is 3.52. The van der Waals surface area contributed by atoms with Gasteiger partial charge in [-0.05, 0) is 54.0 Å². The molecule has 3 heterocycles. The summed E-state index contributed by atoms with van der Waals surface area (Å²) in [6.45, 7) is 3.26. The Morgan fingerprint density at radius 1 is 1.13 bits per heavy atom. The summed E-state index contributed by atoms with van der Waals surface area (Å²) in [4.78, 5) is 28.4. The number of nitrogens with zero attached hydrogens (tertiary/aromatic N) is 1. The molecule has 1 aromatic carbocycles. The molecule has 156 valence electrons. The summed E-state index contributed by atoms with van der Waals surface area (Å²) in [7, 11) is 0. The first-order valence-corrected chi connectivity index (χ1v) is 11.3. The predicted octanol–water partition coefficient (Wildman–Crippen LogP) is 4.66. The first kappa shape index (κ1) is 20.4. The Balaban J connectivity index is 1.41. The van der Waals surface area contributed by atoms with E-state index >= 15 is 0 Å². The molecule has 0 saturated carbocycles. The second-order valence-corrected chi connectivity index (χ2v) is 8.58. The fourth-order valence-corrected chi connectivity index (χ4v) is 4.68. The number of hydrogen-bond donors (Lipinski definition) is 1. The lowest BCUT2D eigenvalue weighted by molar-refractivity contribution is -0.126. The molecule has 1 N–H and O–H groups in total. The molecule has 1 fully saturated rings. The van der Waals surface area contributed by atoms with Crippen molar-refractivity contribution >= 4 is 23.2 Å². The maximum atomic E-state index is 13.1. The van der Waals surface area contributed by atoms with Gasteiger partial charge in [-0.25, -0.2) is 0 Å². The average molecular weight is 423 g/mol. The van der Waals surface area contributed by atoms with Crippen LogP contribution in [0.1, 0.15) is 52.4 Å². The molecule has 0 radical (unpaired) electrons. The lowest BCUT2D eigenvalue weighted by Crippen LogP contribution is -2.43. The van der Waals surface area contributed by atoms with Crippen molar-refractivity contribution in [2.45, 2.75) is 32.2 Å². The number of piperidine rings is 1. The minimum absolute atomic E-state index is 0.0538. The van der Waals surface area contributed by atoms with Crippen LogP contribution in [-0.2, 0) is 11.2 Å². The Kier molecular flexibility index (Phi) is 6.33. The van der Waals surface area contributed by atoms with Crippen LogP contribution >= 0.6 is 11.3 Å². The topological polar surface area (TPSA) is 62.6 Å². The SMILES string of the molecule is CCc1ccc([C@H](NC(=O)C2CCN(C(=O)c3ccco3)CC2)c2cccs2)cc1. The first-order chi connectivity index (χ1) is 14.7. The van der Waals surface area contributed by atoms with Crippen LogP contribution in [0.25, 0.3) is 0 Å². The number of amides is 2. The molecule has 1 aliphatic rings. The van der Waals surface area contributed by atoms with Crippen molar-refractivity contribution in [3.05, 3.63) is 81.9 Å². The van der Waals surface area contributed by atoms with Gasteiger partial charge in [0.05, 0.1) is 12.3 Å². The van der Waals surface area contributed by atoms with E-state index in [1.165, 1.54) is 11.8 Å². The molecule has 0 unspecified atom stereocenters. The number of nitrogens with one attached hydrogen (secondary N) is 1. The lowest BCUT2D eigenvalue weighted by Gasteiger charge is -2.31. The predicted molar refractivity (Wildman–Crippen MR) is 117 cm³/mol. The zero-order valence-corrected chi connectivity index (χ0v) is 17.9. The van der Waals surface area contributed by atoms with Gasteiger partial charge in [0.25, 0.3) is 5.91 Å². The van der Waals surface area contributed by atoms with Crippen LogP contribution in [0.2, 0.25) is 0 Å². The van der Waals surface area contributed by atoms with Gasteiger partial charge in [0.2, 0.25) is 5.91 Å². The molecule has 0 bridgehead atoms. The number of carbonyl (C=O) groups is 2. The highest BCUT2D eigenvalue weighted by Crippen LogP contribution is 2.28. The van der Waals surface area contributed by atoms with Crippen molar-refractivity contribution in [3.8, 4) is 0 Å². The Labute approximate surface area is 180 Å². The highest BCUT2D eigenvalue weighted by Gasteiger charge is 2.30. The van der Waals surface area contributed by atoms with Crippen LogP contribution in [0.5, 0.6) is 0 Å². The van der Waals surface area contributed by atoms with E-state index in [1.807, 2.05) is 11.4 Å². The van der Waals surface area contributed by atoms with Gasteiger partial charge in [0.1, 0.15) is 0 Å². The van der Waals surface area contributed by atoms with Crippen LogP contribution in [0.3, 0.4) is 0 Å². The van der Waals surface area contributed by atoms with Gasteiger partial charge in [0.15, 0.2) is 5.76 Å². The van der Waals surface area contributed by atoms with E-state index in [9.17, 15) is 9.59 Å². The number of furan rings is 1. The molecule has 5 nitrogen and oxygen atoms in total. The van der Waals surface area contributed by atoms with Crippen LogP contribution in [-0.4, -0.2) is 29.8 Å². The van der Waals surface area contributed by atoms with Gasteiger partial charge < -0.3 is 14.6 Å². The van der Waals surface area contributed by atoms with E-state index in [2.05, 4.69) is 42.6 Å². The quantitative estimate of drug-likeness (QED) is 0.628. The third kappa shape index (κ3) is 4.49. The molecule has 1 aliphatic heterocycles. The molecule has 6 heteroatoms. The Morgan fingerprint density at radius 2 is 1.90 bits per heavy atom. The summed E-state index contributed by atoms with van der Waals surface area (Å²) < 4.78 is 5.21. The minimum atomic E-state index is -0.147. The van der Waals surface area contributed by atoms with Gasteiger partial charge in [-0.1, -0.05) is 37.3 Å². The molecule has 0 spiro atoms. The highest BCUT2D eigenvalue weighted by molar-refractivity contribution is 7.10. The Bertz CT molecular complexity index is 957. The molecule has 4 rings (SSSR count). The van der Waals surface area contributed by atoms with Gasteiger partial charge in [0, 0.05) is 23.9 Å². The van der Waals surface area contributed by atoms with E-state index in [1.54, 1.807) is 28.4 Å². The zero-order valence-electron chi connectivity index (χ0n) is 17.0. The second-order valence-electron chi connectivity index (χ2n) is 7.60. The van der Waals surface area contributed by atoms with Crippen molar-refractivity contribution in [2.75, 3.05) is 13.1 Å². The molecule has 1 saturated heterocycles. The Morgan fingerprint density at radius 3 is 2.50 bits per heavy atom. The summed E-state index contributed by atoms with van der Waals surface area (Å²) in [5.74, 6) is 0.207. The van der Waals surface area contributed by atoms with Gasteiger partial charge in [-0.3, -0.25) is 9.59 Å². The zero-order chi connectivity index (χ0) is 20.9.